The van der Waals surface area contributed by atoms with Crippen LogP contribution in [0, 0.1) is 12.7 Å². The Morgan fingerprint density at radius 2 is 2.08 bits per heavy atom. The lowest BCUT2D eigenvalue weighted by molar-refractivity contribution is 0.592. The van der Waals surface area contributed by atoms with E-state index < -0.39 is 0 Å². The third kappa shape index (κ3) is 1.84. The molecule has 0 spiro atoms. The summed E-state index contributed by atoms with van der Waals surface area (Å²) in [4.78, 5) is 0. The molecule has 1 nitrogen and oxygen atoms in total. The molecule has 1 atom stereocenters. The lowest BCUT2D eigenvalue weighted by atomic mass is 10.1. The first kappa shape index (κ1) is 9.68. The third-order valence-electron chi connectivity index (χ3n) is 1.77. The molecular formula is C9H11BrFN. The van der Waals surface area contributed by atoms with Crippen molar-refractivity contribution < 1.29 is 4.39 Å². The van der Waals surface area contributed by atoms with E-state index in [4.69, 9.17) is 5.73 Å². The van der Waals surface area contributed by atoms with Crippen molar-refractivity contribution in [2.24, 2.45) is 5.73 Å². The minimum Gasteiger partial charge on any atom is -0.324 e. The Kier molecular flexibility index (Phi) is 2.85. The lowest BCUT2D eigenvalue weighted by Gasteiger charge is -2.08. The normalized spacial score (nSPS) is 13.1. The highest BCUT2D eigenvalue weighted by Gasteiger charge is 2.08. The molecule has 0 saturated carbocycles. The van der Waals surface area contributed by atoms with Gasteiger partial charge in [-0.2, -0.15) is 0 Å². The number of hydrogen-bond donors (Lipinski definition) is 1. The molecule has 0 aliphatic carbocycles. The molecule has 0 saturated heterocycles. The van der Waals surface area contributed by atoms with Gasteiger partial charge in [-0.05, 0) is 31.5 Å². The molecule has 0 amide bonds. The first-order valence-corrected chi connectivity index (χ1v) is 4.53. The van der Waals surface area contributed by atoms with Crippen molar-refractivity contribution in [1.82, 2.24) is 0 Å². The van der Waals surface area contributed by atoms with Gasteiger partial charge in [0.2, 0.25) is 0 Å². The van der Waals surface area contributed by atoms with Gasteiger partial charge in [0.1, 0.15) is 5.82 Å². The molecule has 0 radical (unpaired) electrons. The number of halogens is 2. The average Bonchev–Trinajstić information content (AvgIpc) is 1.96. The van der Waals surface area contributed by atoms with Crippen LogP contribution in [-0.2, 0) is 0 Å². The summed E-state index contributed by atoms with van der Waals surface area (Å²) in [5.74, 6) is -0.231. The maximum absolute atomic E-state index is 13.2. The Bertz CT molecular complexity index is 297. The minimum absolute atomic E-state index is 0.231. The topological polar surface area (TPSA) is 26.0 Å². The van der Waals surface area contributed by atoms with Crippen LogP contribution < -0.4 is 5.73 Å². The van der Waals surface area contributed by atoms with E-state index in [-0.39, 0.29) is 11.9 Å². The predicted molar refractivity (Wildman–Crippen MR) is 51.4 cm³/mol. The highest BCUT2D eigenvalue weighted by Crippen LogP contribution is 2.23. The molecule has 1 aromatic rings. The zero-order valence-electron chi connectivity index (χ0n) is 7.07. The van der Waals surface area contributed by atoms with Crippen molar-refractivity contribution in [3.63, 3.8) is 0 Å². The molecule has 1 unspecified atom stereocenters. The minimum atomic E-state index is -0.262. The van der Waals surface area contributed by atoms with Gasteiger partial charge < -0.3 is 5.73 Å². The van der Waals surface area contributed by atoms with Crippen LogP contribution in [0.15, 0.2) is 16.6 Å². The monoisotopic (exact) mass is 231 g/mol. The van der Waals surface area contributed by atoms with Crippen molar-refractivity contribution in [1.29, 1.82) is 0 Å². The van der Waals surface area contributed by atoms with Gasteiger partial charge in [-0.3, -0.25) is 0 Å². The average molecular weight is 232 g/mol. The van der Waals surface area contributed by atoms with Crippen LogP contribution in [0.2, 0.25) is 0 Å². The smallest absolute Gasteiger partial charge is 0.128 e. The Morgan fingerprint density at radius 1 is 1.50 bits per heavy atom. The number of nitrogens with two attached hydrogens (primary N) is 1. The molecule has 2 N–H and O–H groups in total. The summed E-state index contributed by atoms with van der Waals surface area (Å²) in [6, 6.07) is 2.96. The predicted octanol–water partition coefficient (Wildman–Crippen LogP) is 2.92. The van der Waals surface area contributed by atoms with Gasteiger partial charge in [0.05, 0.1) is 0 Å². The Morgan fingerprint density at radius 3 is 2.58 bits per heavy atom. The molecule has 0 aliphatic heterocycles. The van der Waals surface area contributed by atoms with E-state index in [0.717, 1.165) is 10.0 Å². The number of benzene rings is 1. The molecule has 0 aromatic heterocycles. The van der Waals surface area contributed by atoms with Gasteiger partial charge in [0.25, 0.3) is 0 Å². The van der Waals surface area contributed by atoms with E-state index in [1.807, 2.05) is 6.92 Å². The van der Waals surface area contributed by atoms with Crippen LogP contribution in [0.25, 0.3) is 0 Å². The molecule has 66 valence electrons. The fraction of sp³-hybridized carbons (Fsp3) is 0.333. The first-order valence-electron chi connectivity index (χ1n) is 3.73. The van der Waals surface area contributed by atoms with Crippen molar-refractivity contribution >= 4 is 15.9 Å². The summed E-state index contributed by atoms with van der Waals surface area (Å²) in [6.07, 6.45) is 0. The van der Waals surface area contributed by atoms with Gasteiger partial charge in [-0.25, -0.2) is 4.39 Å². The molecular weight excluding hydrogens is 221 g/mol. The highest BCUT2D eigenvalue weighted by molar-refractivity contribution is 9.10. The van der Waals surface area contributed by atoms with Crippen LogP contribution in [-0.4, -0.2) is 0 Å². The summed E-state index contributed by atoms with van der Waals surface area (Å²) in [6.45, 7) is 3.61. The highest BCUT2D eigenvalue weighted by atomic mass is 79.9. The molecule has 0 aliphatic rings. The van der Waals surface area contributed by atoms with Gasteiger partial charge >= 0.3 is 0 Å². The standard InChI is InChI=1S/C9H11BrFN/c1-5-3-9(11)7(6(2)12)4-8(5)10/h3-4,6H,12H2,1-2H3. The van der Waals surface area contributed by atoms with E-state index >= 15 is 0 Å². The van der Waals surface area contributed by atoms with E-state index in [2.05, 4.69) is 15.9 Å². The maximum Gasteiger partial charge on any atom is 0.128 e. The SMILES string of the molecule is Cc1cc(F)c(C(C)N)cc1Br. The molecule has 12 heavy (non-hydrogen) atoms. The number of hydrogen-bond acceptors (Lipinski definition) is 1. The number of aryl methyl sites for hydroxylation is 1. The lowest BCUT2D eigenvalue weighted by Crippen LogP contribution is -2.07. The fourth-order valence-corrected chi connectivity index (χ4v) is 1.37. The van der Waals surface area contributed by atoms with Crippen molar-refractivity contribution in [3.05, 3.63) is 33.5 Å². The Labute approximate surface area is 79.9 Å². The second-order valence-corrected chi connectivity index (χ2v) is 3.77. The quantitative estimate of drug-likeness (QED) is 0.791. The van der Waals surface area contributed by atoms with Crippen LogP contribution in [0.5, 0.6) is 0 Å². The van der Waals surface area contributed by atoms with E-state index in [1.54, 1.807) is 13.0 Å². The number of rotatable bonds is 1. The maximum atomic E-state index is 13.2. The second-order valence-electron chi connectivity index (χ2n) is 2.91. The van der Waals surface area contributed by atoms with Crippen molar-refractivity contribution in [2.45, 2.75) is 19.9 Å². The van der Waals surface area contributed by atoms with E-state index in [0.29, 0.717) is 5.56 Å². The Hall–Kier alpha value is -0.410. The summed E-state index contributed by atoms with van der Waals surface area (Å²) in [5, 5.41) is 0. The van der Waals surface area contributed by atoms with Crippen molar-refractivity contribution in [2.75, 3.05) is 0 Å². The summed E-state index contributed by atoms with van der Waals surface area (Å²) in [7, 11) is 0. The molecule has 0 heterocycles. The summed E-state index contributed by atoms with van der Waals surface area (Å²) < 4.78 is 14.1. The van der Waals surface area contributed by atoms with Gasteiger partial charge in [0.15, 0.2) is 0 Å². The zero-order chi connectivity index (χ0) is 9.30. The fourth-order valence-electron chi connectivity index (χ4n) is 1.01. The van der Waals surface area contributed by atoms with Crippen LogP contribution in [0.4, 0.5) is 4.39 Å². The molecule has 3 heteroatoms. The van der Waals surface area contributed by atoms with Gasteiger partial charge in [-0.15, -0.1) is 0 Å². The third-order valence-corrected chi connectivity index (χ3v) is 2.62. The Balaban J connectivity index is 3.23. The van der Waals surface area contributed by atoms with Crippen LogP contribution in [0.3, 0.4) is 0 Å². The first-order chi connectivity index (χ1) is 5.52. The van der Waals surface area contributed by atoms with E-state index in [9.17, 15) is 4.39 Å². The van der Waals surface area contributed by atoms with Crippen molar-refractivity contribution in [3.8, 4) is 0 Å². The summed E-state index contributed by atoms with van der Waals surface area (Å²) >= 11 is 3.33. The molecule has 1 aromatic carbocycles. The zero-order valence-corrected chi connectivity index (χ0v) is 8.65. The van der Waals surface area contributed by atoms with Crippen LogP contribution >= 0.6 is 15.9 Å². The molecule has 0 fully saturated rings. The second kappa shape index (κ2) is 3.54. The van der Waals surface area contributed by atoms with Gasteiger partial charge in [0, 0.05) is 16.1 Å². The largest absolute Gasteiger partial charge is 0.324 e. The summed E-state index contributed by atoms with van der Waals surface area (Å²) in [5.41, 5.74) is 7.01. The van der Waals surface area contributed by atoms with E-state index in [1.165, 1.54) is 6.07 Å². The molecule has 1 rings (SSSR count). The van der Waals surface area contributed by atoms with Gasteiger partial charge in [-0.1, -0.05) is 15.9 Å². The molecule has 0 bridgehead atoms. The van der Waals surface area contributed by atoms with Crippen LogP contribution in [0.1, 0.15) is 24.1 Å².